The van der Waals surface area contributed by atoms with Gasteiger partial charge in [-0.15, -0.1) is 0 Å². The van der Waals surface area contributed by atoms with Crippen LogP contribution < -0.4 is 5.73 Å². The molecule has 0 bridgehead atoms. The lowest BCUT2D eigenvalue weighted by atomic mass is 9.79. The summed E-state index contributed by atoms with van der Waals surface area (Å²) in [5, 5.41) is 0. The van der Waals surface area contributed by atoms with Gasteiger partial charge in [-0.3, -0.25) is 9.69 Å². The first-order valence-electron chi connectivity index (χ1n) is 9.01. The minimum atomic E-state index is 0.285. The zero-order valence-corrected chi connectivity index (χ0v) is 13.3. The Bertz CT molecular complexity index is 352. The Labute approximate surface area is 129 Å². The van der Waals surface area contributed by atoms with Gasteiger partial charge >= 0.3 is 0 Å². The maximum absolute atomic E-state index is 12.8. The summed E-state index contributed by atoms with van der Waals surface area (Å²) in [7, 11) is 0. The molecule has 2 aliphatic heterocycles. The SMILES string of the molecule is NCCC1CCCC(C(=O)N2CCC(N3CCCC3)C2)C1. The maximum Gasteiger partial charge on any atom is 0.225 e. The van der Waals surface area contributed by atoms with Crippen LogP contribution in [0, 0.1) is 11.8 Å². The third kappa shape index (κ3) is 3.59. The fourth-order valence-corrected chi connectivity index (χ4v) is 4.62. The largest absolute Gasteiger partial charge is 0.341 e. The molecule has 2 N–H and O–H groups in total. The number of nitrogens with two attached hydrogens (primary N) is 1. The molecule has 21 heavy (non-hydrogen) atoms. The van der Waals surface area contributed by atoms with E-state index in [4.69, 9.17) is 5.73 Å². The number of carbonyl (C=O) groups excluding carboxylic acids is 1. The van der Waals surface area contributed by atoms with Crippen molar-refractivity contribution in [3.05, 3.63) is 0 Å². The molecule has 0 aromatic heterocycles. The minimum Gasteiger partial charge on any atom is -0.341 e. The van der Waals surface area contributed by atoms with Gasteiger partial charge in [-0.1, -0.05) is 12.8 Å². The van der Waals surface area contributed by atoms with E-state index >= 15 is 0 Å². The van der Waals surface area contributed by atoms with Crippen LogP contribution in [0.1, 0.15) is 51.4 Å². The van der Waals surface area contributed by atoms with Crippen LogP contribution in [0.25, 0.3) is 0 Å². The van der Waals surface area contributed by atoms with Gasteiger partial charge in [0.15, 0.2) is 0 Å². The highest BCUT2D eigenvalue weighted by Gasteiger charge is 2.35. The monoisotopic (exact) mass is 293 g/mol. The normalized spacial score (nSPS) is 34.5. The quantitative estimate of drug-likeness (QED) is 0.860. The molecule has 1 aliphatic carbocycles. The van der Waals surface area contributed by atoms with Gasteiger partial charge in [0.1, 0.15) is 0 Å². The van der Waals surface area contributed by atoms with Crippen LogP contribution in [-0.4, -0.2) is 54.5 Å². The average Bonchev–Trinajstić information content (AvgIpc) is 3.18. The zero-order chi connectivity index (χ0) is 14.7. The number of nitrogens with zero attached hydrogens (tertiary/aromatic N) is 2. The first-order valence-corrected chi connectivity index (χ1v) is 9.01. The van der Waals surface area contributed by atoms with Crippen molar-refractivity contribution in [2.24, 2.45) is 17.6 Å². The van der Waals surface area contributed by atoms with E-state index in [2.05, 4.69) is 9.80 Å². The van der Waals surface area contributed by atoms with E-state index in [1.807, 2.05) is 0 Å². The Hall–Kier alpha value is -0.610. The van der Waals surface area contributed by atoms with E-state index in [9.17, 15) is 4.79 Å². The molecule has 120 valence electrons. The molecule has 3 fully saturated rings. The number of hydrogen-bond donors (Lipinski definition) is 1. The minimum absolute atomic E-state index is 0.285. The smallest absolute Gasteiger partial charge is 0.225 e. The van der Waals surface area contributed by atoms with Gasteiger partial charge in [0, 0.05) is 25.0 Å². The number of amides is 1. The molecular weight excluding hydrogens is 262 g/mol. The maximum atomic E-state index is 12.8. The lowest BCUT2D eigenvalue weighted by Crippen LogP contribution is -2.40. The van der Waals surface area contributed by atoms with Gasteiger partial charge in [-0.25, -0.2) is 0 Å². The average molecular weight is 293 g/mol. The van der Waals surface area contributed by atoms with E-state index in [-0.39, 0.29) is 5.92 Å². The van der Waals surface area contributed by atoms with Crippen molar-refractivity contribution in [2.45, 2.75) is 57.4 Å². The van der Waals surface area contributed by atoms with Crippen molar-refractivity contribution in [3.8, 4) is 0 Å². The Balaban J connectivity index is 1.51. The summed E-state index contributed by atoms with van der Waals surface area (Å²) < 4.78 is 0. The van der Waals surface area contributed by atoms with Crippen LogP contribution in [0.3, 0.4) is 0 Å². The number of likely N-dealkylation sites (tertiary alicyclic amines) is 2. The first kappa shape index (κ1) is 15.3. The van der Waals surface area contributed by atoms with E-state index < -0.39 is 0 Å². The molecule has 4 nitrogen and oxygen atoms in total. The summed E-state index contributed by atoms with van der Waals surface area (Å²) in [5.74, 6) is 1.42. The zero-order valence-electron chi connectivity index (χ0n) is 13.3. The molecule has 0 aromatic carbocycles. The molecule has 1 saturated carbocycles. The molecule has 2 heterocycles. The molecule has 3 atom stereocenters. The Morgan fingerprint density at radius 1 is 1.05 bits per heavy atom. The summed E-state index contributed by atoms with van der Waals surface area (Å²) >= 11 is 0. The molecule has 2 saturated heterocycles. The second-order valence-corrected chi connectivity index (χ2v) is 7.28. The van der Waals surface area contributed by atoms with Crippen LogP contribution in [0.15, 0.2) is 0 Å². The van der Waals surface area contributed by atoms with Crippen molar-refractivity contribution in [3.63, 3.8) is 0 Å². The Kier molecular flexibility index (Phi) is 5.17. The van der Waals surface area contributed by atoms with Gasteiger partial charge in [0.2, 0.25) is 5.91 Å². The molecule has 1 amide bonds. The molecule has 3 rings (SSSR count). The second-order valence-electron chi connectivity index (χ2n) is 7.28. The molecule has 3 aliphatic rings. The third-order valence-electron chi connectivity index (χ3n) is 5.84. The first-order chi connectivity index (χ1) is 10.3. The van der Waals surface area contributed by atoms with E-state index in [0.717, 1.165) is 38.9 Å². The summed E-state index contributed by atoms with van der Waals surface area (Å²) in [5.41, 5.74) is 5.69. The molecule has 0 spiro atoms. The van der Waals surface area contributed by atoms with Gasteiger partial charge in [0.25, 0.3) is 0 Å². The molecule has 0 radical (unpaired) electrons. The standard InChI is InChI=1S/C17H31N3O/c18-8-6-14-4-3-5-15(12-14)17(21)20-11-7-16(13-20)19-9-1-2-10-19/h14-16H,1-13,18H2. The highest BCUT2D eigenvalue weighted by atomic mass is 16.2. The fourth-order valence-electron chi connectivity index (χ4n) is 4.62. The molecular formula is C17H31N3O. The lowest BCUT2D eigenvalue weighted by Gasteiger charge is -2.31. The van der Waals surface area contributed by atoms with Crippen LogP contribution in [-0.2, 0) is 4.79 Å². The Morgan fingerprint density at radius 2 is 1.86 bits per heavy atom. The summed E-state index contributed by atoms with van der Waals surface area (Å²) in [6.45, 7) is 5.23. The van der Waals surface area contributed by atoms with Crippen molar-refractivity contribution in [2.75, 3.05) is 32.7 Å². The third-order valence-corrected chi connectivity index (χ3v) is 5.84. The Morgan fingerprint density at radius 3 is 2.62 bits per heavy atom. The second kappa shape index (κ2) is 7.10. The summed E-state index contributed by atoms with van der Waals surface area (Å²) in [6.07, 6.45) is 9.64. The van der Waals surface area contributed by atoms with Crippen molar-refractivity contribution in [1.82, 2.24) is 9.80 Å². The van der Waals surface area contributed by atoms with Crippen molar-refractivity contribution < 1.29 is 4.79 Å². The molecule has 0 aromatic rings. The van der Waals surface area contributed by atoms with Crippen LogP contribution >= 0.6 is 0 Å². The summed E-state index contributed by atoms with van der Waals surface area (Å²) in [4.78, 5) is 17.6. The van der Waals surface area contributed by atoms with E-state index in [1.54, 1.807) is 0 Å². The van der Waals surface area contributed by atoms with E-state index in [0.29, 0.717) is 17.9 Å². The predicted octanol–water partition coefficient (Wildman–Crippen LogP) is 1.84. The van der Waals surface area contributed by atoms with Gasteiger partial charge in [-0.2, -0.15) is 0 Å². The van der Waals surface area contributed by atoms with Crippen LogP contribution in [0.4, 0.5) is 0 Å². The molecule has 4 heteroatoms. The van der Waals surface area contributed by atoms with Crippen LogP contribution in [0.5, 0.6) is 0 Å². The highest BCUT2D eigenvalue weighted by Crippen LogP contribution is 2.33. The molecule has 3 unspecified atom stereocenters. The van der Waals surface area contributed by atoms with Gasteiger partial charge < -0.3 is 10.6 Å². The predicted molar refractivity (Wildman–Crippen MR) is 84.9 cm³/mol. The van der Waals surface area contributed by atoms with Crippen molar-refractivity contribution in [1.29, 1.82) is 0 Å². The van der Waals surface area contributed by atoms with E-state index in [1.165, 1.54) is 45.2 Å². The number of hydrogen-bond acceptors (Lipinski definition) is 3. The number of carbonyl (C=O) groups is 1. The van der Waals surface area contributed by atoms with Gasteiger partial charge in [0.05, 0.1) is 0 Å². The van der Waals surface area contributed by atoms with Crippen molar-refractivity contribution >= 4 is 5.91 Å². The number of rotatable bonds is 4. The van der Waals surface area contributed by atoms with Crippen LogP contribution in [0.2, 0.25) is 0 Å². The highest BCUT2D eigenvalue weighted by molar-refractivity contribution is 5.79. The fraction of sp³-hybridized carbons (Fsp3) is 0.941. The lowest BCUT2D eigenvalue weighted by molar-refractivity contribution is -0.136. The van der Waals surface area contributed by atoms with Gasteiger partial charge in [-0.05, 0) is 64.1 Å². The summed E-state index contributed by atoms with van der Waals surface area (Å²) in [6, 6.07) is 0.639. The topological polar surface area (TPSA) is 49.6 Å².